The number of anilines is 1. The summed E-state index contributed by atoms with van der Waals surface area (Å²) >= 11 is 1.66. The Hall–Kier alpha value is -2.90. The van der Waals surface area contributed by atoms with E-state index in [1.807, 2.05) is 29.2 Å². The van der Waals surface area contributed by atoms with E-state index in [1.165, 1.54) is 5.56 Å². The Morgan fingerprint density at radius 1 is 1.12 bits per heavy atom. The molecule has 7 heteroatoms. The van der Waals surface area contributed by atoms with Gasteiger partial charge in [-0.15, -0.1) is 0 Å². The molecule has 32 heavy (non-hydrogen) atoms. The molecular weight excluding hydrogens is 420 g/mol. The smallest absolute Gasteiger partial charge is 0.229 e. The van der Waals surface area contributed by atoms with Gasteiger partial charge in [-0.05, 0) is 23.8 Å². The van der Waals surface area contributed by atoms with Crippen LogP contribution in [-0.2, 0) is 4.79 Å². The molecule has 0 spiro atoms. The van der Waals surface area contributed by atoms with Crippen molar-refractivity contribution in [3.8, 4) is 5.75 Å². The van der Waals surface area contributed by atoms with Crippen LogP contribution >= 0.6 is 11.3 Å². The maximum Gasteiger partial charge on any atom is 0.229 e. The molecule has 0 bridgehead atoms. The number of piperazine rings is 1. The van der Waals surface area contributed by atoms with E-state index in [0.717, 1.165) is 66.9 Å². The molecule has 0 N–H and O–H groups in total. The van der Waals surface area contributed by atoms with Crippen LogP contribution in [0.2, 0.25) is 0 Å². The first-order chi connectivity index (χ1) is 15.7. The molecule has 0 radical (unpaired) electrons. The number of amides is 1. The van der Waals surface area contributed by atoms with Gasteiger partial charge in [-0.2, -0.15) is 0 Å². The lowest BCUT2D eigenvalue weighted by molar-refractivity contribution is -0.138. The molecule has 1 aromatic heterocycles. The van der Waals surface area contributed by atoms with Crippen LogP contribution in [0.5, 0.6) is 5.75 Å². The Morgan fingerprint density at radius 3 is 2.66 bits per heavy atom. The lowest BCUT2D eigenvalue weighted by Crippen LogP contribution is -2.58. The lowest BCUT2D eigenvalue weighted by atomic mass is 9.99. The Kier molecular flexibility index (Phi) is 6.10. The lowest BCUT2D eigenvalue weighted by Gasteiger charge is -2.42. The zero-order valence-corrected chi connectivity index (χ0v) is 19.1. The molecule has 5 rings (SSSR count). The molecule has 0 aliphatic carbocycles. The van der Waals surface area contributed by atoms with Gasteiger partial charge < -0.3 is 14.5 Å². The summed E-state index contributed by atoms with van der Waals surface area (Å²) in [7, 11) is 1.68. The second kappa shape index (κ2) is 9.30. The fraction of sp³-hybridized carbons (Fsp3) is 0.360. The Balaban J connectivity index is 1.09. The molecule has 0 saturated carbocycles. The predicted octanol–water partition coefficient (Wildman–Crippen LogP) is 3.60. The number of thiazole rings is 1. The topological polar surface area (TPSA) is 48.9 Å². The predicted molar refractivity (Wildman–Crippen MR) is 130 cm³/mol. The Bertz CT molecular complexity index is 1100. The summed E-state index contributed by atoms with van der Waals surface area (Å²) in [6, 6.07) is 16.3. The molecular formula is C25H28N4O2S. The van der Waals surface area contributed by atoms with E-state index in [4.69, 9.17) is 9.72 Å². The van der Waals surface area contributed by atoms with E-state index in [1.54, 1.807) is 18.4 Å². The first-order valence-electron chi connectivity index (χ1n) is 11.1. The number of rotatable bonds is 6. The van der Waals surface area contributed by atoms with Crippen molar-refractivity contribution in [1.29, 1.82) is 0 Å². The Morgan fingerprint density at radius 2 is 1.91 bits per heavy atom. The van der Waals surface area contributed by atoms with Gasteiger partial charge in [0.2, 0.25) is 5.91 Å². The van der Waals surface area contributed by atoms with Crippen molar-refractivity contribution in [2.24, 2.45) is 5.92 Å². The van der Waals surface area contributed by atoms with Gasteiger partial charge in [0.25, 0.3) is 0 Å². The molecule has 2 fully saturated rings. The number of carbonyl (C=O) groups is 1. The van der Waals surface area contributed by atoms with Crippen molar-refractivity contribution in [2.45, 2.75) is 0 Å². The second-order valence-electron chi connectivity index (χ2n) is 8.37. The highest BCUT2D eigenvalue weighted by molar-refractivity contribution is 7.22. The first-order valence-corrected chi connectivity index (χ1v) is 11.9. The van der Waals surface area contributed by atoms with Crippen molar-refractivity contribution in [3.05, 3.63) is 60.2 Å². The van der Waals surface area contributed by atoms with Gasteiger partial charge in [0.05, 0.1) is 23.2 Å². The van der Waals surface area contributed by atoms with Gasteiger partial charge in [0.15, 0.2) is 5.13 Å². The minimum Gasteiger partial charge on any atom is -0.497 e. The number of hydrogen-bond acceptors (Lipinski definition) is 6. The standard InChI is InChI=1S/C25H28N4O2S/c1-31-21-9-10-22-23(16-21)32-25(26-22)29-17-20(18-29)24(30)28-14-12-27(13-15-28)11-5-8-19-6-3-2-4-7-19/h2-10,16,20H,11-15,17-18H2,1H3/b8-5+. The molecule has 0 unspecified atom stereocenters. The van der Waals surface area contributed by atoms with Crippen LogP contribution in [0.3, 0.4) is 0 Å². The van der Waals surface area contributed by atoms with Crippen molar-refractivity contribution in [1.82, 2.24) is 14.8 Å². The van der Waals surface area contributed by atoms with Crippen molar-refractivity contribution in [3.63, 3.8) is 0 Å². The third-order valence-corrected chi connectivity index (χ3v) is 7.32. The average Bonchev–Trinajstić information content (AvgIpc) is 3.21. The summed E-state index contributed by atoms with van der Waals surface area (Å²) in [4.78, 5) is 24.3. The summed E-state index contributed by atoms with van der Waals surface area (Å²) in [5.74, 6) is 1.23. The first kappa shape index (κ1) is 21.0. The zero-order valence-electron chi connectivity index (χ0n) is 18.3. The number of aromatic nitrogens is 1. The van der Waals surface area contributed by atoms with Crippen molar-refractivity contribution >= 4 is 38.7 Å². The molecule has 166 valence electrons. The van der Waals surface area contributed by atoms with Crippen LogP contribution in [0.4, 0.5) is 5.13 Å². The fourth-order valence-electron chi connectivity index (χ4n) is 4.26. The number of carbonyl (C=O) groups excluding carboxylic acids is 1. The molecule has 2 aliphatic rings. The number of ether oxygens (including phenoxy) is 1. The normalized spacial score (nSPS) is 17.8. The molecule has 2 aliphatic heterocycles. The monoisotopic (exact) mass is 448 g/mol. The molecule has 6 nitrogen and oxygen atoms in total. The van der Waals surface area contributed by atoms with Crippen LogP contribution in [0.25, 0.3) is 16.3 Å². The van der Waals surface area contributed by atoms with Crippen LogP contribution in [0, 0.1) is 5.92 Å². The quantitative estimate of drug-likeness (QED) is 0.577. The van der Waals surface area contributed by atoms with Gasteiger partial charge >= 0.3 is 0 Å². The number of hydrogen-bond donors (Lipinski definition) is 0. The van der Waals surface area contributed by atoms with E-state index >= 15 is 0 Å². The van der Waals surface area contributed by atoms with Crippen LogP contribution < -0.4 is 9.64 Å². The summed E-state index contributed by atoms with van der Waals surface area (Å²) in [6.07, 6.45) is 4.38. The zero-order chi connectivity index (χ0) is 21.9. The number of benzene rings is 2. The SMILES string of the molecule is COc1ccc2nc(N3CC(C(=O)N4CCN(C/C=C/c5ccccc5)CC4)C3)sc2c1. The van der Waals surface area contributed by atoms with Gasteiger partial charge in [-0.25, -0.2) is 4.98 Å². The molecule has 2 aromatic carbocycles. The minimum absolute atomic E-state index is 0.0843. The van der Waals surface area contributed by atoms with E-state index < -0.39 is 0 Å². The van der Waals surface area contributed by atoms with Crippen molar-refractivity contribution < 1.29 is 9.53 Å². The number of nitrogens with zero attached hydrogens (tertiary/aromatic N) is 4. The highest BCUT2D eigenvalue weighted by Gasteiger charge is 2.37. The maximum atomic E-state index is 13.0. The van der Waals surface area contributed by atoms with E-state index in [0.29, 0.717) is 5.91 Å². The third kappa shape index (κ3) is 4.49. The summed E-state index contributed by atoms with van der Waals surface area (Å²) in [6.45, 7) is 5.94. The average molecular weight is 449 g/mol. The van der Waals surface area contributed by atoms with Crippen molar-refractivity contribution in [2.75, 3.05) is 57.8 Å². The maximum absolute atomic E-state index is 13.0. The minimum atomic E-state index is 0.0843. The molecule has 3 heterocycles. The summed E-state index contributed by atoms with van der Waals surface area (Å²) in [5, 5.41) is 0.993. The van der Waals surface area contributed by atoms with Gasteiger partial charge in [0.1, 0.15) is 5.75 Å². The second-order valence-corrected chi connectivity index (χ2v) is 9.38. The van der Waals surface area contributed by atoms with Gasteiger partial charge in [0, 0.05) is 45.8 Å². The van der Waals surface area contributed by atoms with Crippen LogP contribution in [-0.4, -0.2) is 73.6 Å². The fourth-order valence-corrected chi connectivity index (χ4v) is 5.27. The van der Waals surface area contributed by atoms with E-state index in [9.17, 15) is 4.79 Å². The van der Waals surface area contributed by atoms with Crippen LogP contribution in [0.1, 0.15) is 5.56 Å². The highest BCUT2D eigenvalue weighted by Crippen LogP contribution is 2.35. The summed E-state index contributed by atoms with van der Waals surface area (Å²) in [5.41, 5.74) is 2.21. The van der Waals surface area contributed by atoms with Crippen LogP contribution in [0.15, 0.2) is 54.6 Å². The third-order valence-electron chi connectivity index (χ3n) is 6.24. The summed E-state index contributed by atoms with van der Waals surface area (Å²) < 4.78 is 6.42. The molecule has 1 amide bonds. The molecule has 0 atom stereocenters. The largest absolute Gasteiger partial charge is 0.497 e. The molecule has 2 saturated heterocycles. The van der Waals surface area contributed by atoms with E-state index in [2.05, 4.69) is 46.2 Å². The van der Waals surface area contributed by atoms with Gasteiger partial charge in [-0.3, -0.25) is 9.69 Å². The number of methoxy groups -OCH3 is 1. The highest BCUT2D eigenvalue weighted by atomic mass is 32.1. The van der Waals surface area contributed by atoms with Gasteiger partial charge in [-0.1, -0.05) is 53.8 Å². The number of fused-ring (bicyclic) bond motifs is 1. The molecule has 3 aromatic rings. The van der Waals surface area contributed by atoms with E-state index in [-0.39, 0.29) is 5.92 Å². The Labute approximate surface area is 192 Å².